The summed E-state index contributed by atoms with van der Waals surface area (Å²) < 4.78 is 44.3. The summed E-state index contributed by atoms with van der Waals surface area (Å²) in [5, 5.41) is 10.1. The number of anilines is 1. The largest absolute Gasteiger partial charge is 0.494 e. The number of aromatic nitrogens is 3. The molecule has 0 unspecified atom stereocenters. The summed E-state index contributed by atoms with van der Waals surface area (Å²) in [6, 6.07) is 4.34. The number of ether oxygens (including phenoxy) is 3. The molecule has 0 spiro atoms. The minimum absolute atomic E-state index is 0.0230. The first kappa shape index (κ1) is 26.2. The standard InChI is InChI=1S/C20H19F2N7O6S/c1-32-11-3-2-6-25-14(11)10-9-12(35-17(31)15(10)33-7-8-34-18(21)22)16(30)27-20-29-28-19(36-20)26-13(24)4-5-23/h2-6,9,18H,7-8,23H2,1H3,(H2,24,26,28)(H,27,29,30)/b5-4-. The van der Waals surface area contributed by atoms with Crippen molar-refractivity contribution in [2.24, 2.45) is 16.5 Å². The molecular weight excluding hydrogens is 504 g/mol. The molecule has 5 N–H and O–H groups in total. The van der Waals surface area contributed by atoms with Crippen LogP contribution in [0.5, 0.6) is 11.5 Å². The Balaban J connectivity index is 1.92. The number of amidine groups is 1. The third-order valence-corrected chi connectivity index (χ3v) is 4.81. The average molecular weight is 523 g/mol. The molecule has 0 bridgehead atoms. The van der Waals surface area contributed by atoms with Crippen LogP contribution in [-0.4, -0.2) is 53.9 Å². The van der Waals surface area contributed by atoms with E-state index in [0.717, 1.165) is 11.3 Å². The highest BCUT2D eigenvalue weighted by molar-refractivity contribution is 7.18. The molecule has 0 aliphatic heterocycles. The van der Waals surface area contributed by atoms with Gasteiger partial charge in [0.2, 0.25) is 16.0 Å². The molecule has 190 valence electrons. The molecule has 0 aliphatic rings. The van der Waals surface area contributed by atoms with Crippen molar-refractivity contribution in [1.29, 1.82) is 0 Å². The Morgan fingerprint density at radius 1 is 1.36 bits per heavy atom. The van der Waals surface area contributed by atoms with E-state index in [1.807, 2.05) is 0 Å². The molecule has 36 heavy (non-hydrogen) atoms. The number of hydrogen-bond donors (Lipinski definition) is 3. The molecule has 0 saturated carbocycles. The number of halogens is 2. The number of alkyl halides is 2. The lowest BCUT2D eigenvalue weighted by molar-refractivity contribution is -0.133. The molecule has 1 amide bonds. The molecule has 0 fully saturated rings. The first-order valence-electron chi connectivity index (χ1n) is 9.89. The van der Waals surface area contributed by atoms with Gasteiger partial charge >= 0.3 is 12.2 Å². The van der Waals surface area contributed by atoms with Crippen LogP contribution in [0.1, 0.15) is 10.6 Å². The summed E-state index contributed by atoms with van der Waals surface area (Å²) in [6.45, 7) is -3.92. The van der Waals surface area contributed by atoms with Gasteiger partial charge in [-0.15, -0.1) is 10.2 Å². The Morgan fingerprint density at radius 3 is 2.89 bits per heavy atom. The normalized spacial score (nSPS) is 11.7. The molecule has 0 radical (unpaired) electrons. The lowest BCUT2D eigenvalue weighted by Crippen LogP contribution is -2.19. The van der Waals surface area contributed by atoms with Crippen molar-refractivity contribution in [3.63, 3.8) is 0 Å². The van der Waals surface area contributed by atoms with E-state index in [-0.39, 0.29) is 38.9 Å². The van der Waals surface area contributed by atoms with Gasteiger partial charge in [-0.2, -0.15) is 8.78 Å². The van der Waals surface area contributed by atoms with Gasteiger partial charge in [-0.1, -0.05) is 11.3 Å². The van der Waals surface area contributed by atoms with Gasteiger partial charge in [0.15, 0.2) is 5.76 Å². The second-order valence-electron chi connectivity index (χ2n) is 6.41. The summed E-state index contributed by atoms with van der Waals surface area (Å²) in [7, 11) is 1.38. The first-order chi connectivity index (χ1) is 17.3. The van der Waals surface area contributed by atoms with Crippen molar-refractivity contribution in [2.45, 2.75) is 6.61 Å². The Kier molecular flexibility index (Phi) is 8.95. The number of nitrogens with zero attached hydrogens (tertiary/aromatic N) is 4. The summed E-state index contributed by atoms with van der Waals surface area (Å²) in [6.07, 6.45) is 3.95. The van der Waals surface area contributed by atoms with Gasteiger partial charge in [-0.3, -0.25) is 15.1 Å². The van der Waals surface area contributed by atoms with Crippen molar-refractivity contribution >= 4 is 33.3 Å². The molecule has 0 atom stereocenters. The average Bonchev–Trinajstić information content (AvgIpc) is 3.28. The maximum atomic E-state index is 12.8. The van der Waals surface area contributed by atoms with Crippen LogP contribution in [0, 0.1) is 0 Å². The fraction of sp³-hybridized carbons (Fsp3) is 0.200. The van der Waals surface area contributed by atoms with Crippen molar-refractivity contribution in [1.82, 2.24) is 15.2 Å². The van der Waals surface area contributed by atoms with Crippen LogP contribution in [0.3, 0.4) is 0 Å². The number of nitrogens with one attached hydrogen (secondary N) is 1. The number of rotatable bonds is 11. The molecule has 3 aromatic rings. The van der Waals surface area contributed by atoms with Crippen molar-refractivity contribution in [2.75, 3.05) is 25.6 Å². The van der Waals surface area contributed by atoms with E-state index in [1.165, 1.54) is 31.6 Å². The summed E-state index contributed by atoms with van der Waals surface area (Å²) in [5.41, 5.74) is 9.95. The van der Waals surface area contributed by atoms with E-state index < -0.39 is 37.1 Å². The van der Waals surface area contributed by atoms with Crippen LogP contribution in [0.25, 0.3) is 11.3 Å². The molecular formula is C20H19F2N7O6S. The van der Waals surface area contributed by atoms with Crippen LogP contribution < -0.4 is 31.9 Å². The van der Waals surface area contributed by atoms with Crippen LogP contribution in [-0.2, 0) is 4.74 Å². The number of hydrogen-bond acceptors (Lipinski definition) is 12. The van der Waals surface area contributed by atoms with Gasteiger partial charge in [0, 0.05) is 12.3 Å². The molecule has 3 heterocycles. The van der Waals surface area contributed by atoms with Gasteiger partial charge in [-0.05, 0) is 24.4 Å². The van der Waals surface area contributed by atoms with Crippen LogP contribution in [0.2, 0.25) is 0 Å². The molecule has 13 nitrogen and oxygen atoms in total. The molecule has 3 rings (SSSR count). The number of amides is 1. The summed E-state index contributed by atoms with van der Waals surface area (Å²) in [5.74, 6) is -1.33. The van der Waals surface area contributed by atoms with E-state index in [0.29, 0.717) is 0 Å². The third kappa shape index (κ3) is 6.80. The number of carbonyl (C=O) groups is 1. The maximum absolute atomic E-state index is 12.8. The van der Waals surface area contributed by atoms with Gasteiger partial charge < -0.3 is 30.1 Å². The Hall–Kier alpha value is -4.44. The van der Waals surface area contributed by atoms with Crippen molar-refractivity contribution < 1.29 is 32.2 Å². The Bertz CT molecular complexity index is 1330. The lowest BCUT2D eigenvalue weighted by atomic mass is 10.1. The zero-order chi connectivity index (χ0) is 26.1. The molecule has 0 saturated heterocycles. The number of aliphatic imine (C=N–C) groups is 1. The maximum Gasteiger partial charge on any atom is 0.379 e. The van der Waals surface area contributed by atoms with Crippen molar-refractivity contribution in [3.05, 3.63) is 52.9 Å². The minimum atomic E-state index is -3.01. The van der Waals surface area contributed by atoms with E-state index in [9.17, 15) is 18.4 Å². The zero-order valence-electron chi connectivity index (χ0n) is 18.5. The fourth-order valence-electron chi connectivity index (χ4n) is 2.66. The minimum Gasteiger partial charge on any atom is -0.494 e. The highest BCUT2D eigenvalue weighted by atomic mass is 32.1. The highest BCUT2D eigenvalue weighted by Crippen LogP contribution is 2.33. The quantitative estimate of drug-likeness (QED) is 0.189. The Labute approximate surface area is 205 Å². The monoisotopic (exact) mass is 523 g/mol. The van der Waals surface area contributed by atoms with Gasteiger partial charge in [0.25, 0.3) is 5.91 Å². The number of methoxy groups -OCH3 is 1. The SMILES string of the molecule is COc1cccnc1-c1cc(C(=O)Nc2nnc(/N=C(N)/C=C\N)s2)oc(=O)c1OCCOC(F)F. The van der Waals surface area contributed by atoms with Crippen LogP contribution in [0.4, 0.5) is 19.0 Å². The van der Waals surface area contributed by atoms with Crippen LogP contribution in [0.15, 0.2) is 50.9 Å². The summed E-state index contributed by atoms with van der Waals surface area (Å²) in [4.78, 5) is 33.6. The van der Waals surface area contributed by atoms with Crippen molar-refractivity contribution in [3.8, 4) is 22.8 Å². The topological polar surface area (TPSA) is 190 Å². The van der Waals surface area contributed by atoms with Gasteiger partial charge in [-0.25, -0.2) is 9.79 Å². The fourth-order valence-corrected chi connectivity index (χ4v) is 3.29. The van der Waals surface area contributed by atoms with Crippen LogP contribution >= 0.6 is 11.3 Å². The molecule has 0 aliphatic carbocycles. The predicted molar refractivity (Wildman–Crippen MR) is 125 cm³/mol. The first-order valence-corrected chi connectivity index (χ1v) is 10.7. The predicted octanol–water partition coefficient (Wildman–Crippen LogP) is 1.89. The number of pyridine rings is 1. The van der Waals surface area contributed by atoms with Gasteiger partial charge in [0.1, 0.15) is 23.9 Å². The Morgan fingerprint density at radius 2 is 2.17 bits per heavy atom. The number of nitrogens with two attached hydrogens (primary N) is 2. The summed E-state index contributed by atoms with van der Waals surface area (Å²) >= 11 is 0.892. The smallest absolute Gasteiger partial charge is 0.379 e. The van der Waals surface area contributed by atoms with E-state index >= 15 is 0 Å². The van der Waals surface area contributed by atoms with E-state index in [4.69, 9.17) is 25.4 Å². The lowest BCUT2D eigenvalue weighted by Gasteiger charge is -2.13. The number of carbonyl (C=O) groups excluding carboxylic acids is 1. The van der Waals surface area contributed by atoms with E-state index in [1.54, 1.807) is 12.1 Å². The highest BCUT2D eigenvalue weighted by Gasteiger charge is 2.23. The third-order valence-electron chi connectivity index (χ3n) is 4.08. The molecule has 3 aromatic heterocycles. The van der Waals surface area contributed by atoms with E-state index in [2.05, 4.69) is 30.2 Å². The molecule has 0 aromatic carbocycles. The second kappa shape index (κ2) is 12.3. The van der Waals surface area contributed by atoms with Gasteiger partial charge in [0.05, 0.1) is 19.3 Å². The second-order valence-corrected chi connectivity index (χ2v) is 7.37. The zero-order valence-corrected chi connectivity index (χ0v) is 19.3. The molecule has 16 heteroatoms.